The standard InChI is InChI=1S/C15H21F2N3O3S/c1-18-9-20-10-19-8-15(21,14(5-6-14)24(2,22)23)12-4-3-11(16)7-13(12)17/h3-4,7,9,19,21H,5-6,8,10H2,1-2H3,(H,18,20). The maximum Gasteiger partial charge on any atom is 0.156 e. The number of aliphatic hydroxyl groups is 1. The van der Waals surface area contributed by atoms with E-state index in [4.69, 9.17) is 0 Å². The monoisotopic (exact) mass is 361 g/mol. The maximum absolute atomic E-state index is 14.3. The number of benzene rings is 1. The predicted octanol–water partition coefficient (Wildman–Crippen LogP) is 0.524. The number of rotatable bonds is 8. The molecule has 24 heavy (non-hydrogen) atoms. The zero-order chi connectivity index (χ0) is 18.0. The Bertz CT molecular complexity index is 735. The molecule has 1 aromatic rings. The van der Waals surface area contributed by atoms with Crippen molar-refractivity contribution in [2.45, 2.75) is 23.2 Å². The van der Waals surface area contributed by atoms with Crippen LogP contribution < -0.4 is 10.6 Å². The lowest BCUT2D eigenvalue weighted by molar-refractivity contribution is 0.0203. The molecule has 6 nitrogen and oxygen atoms in total. The van der Waals surface area contributed by atoms with E-state index in [-0.39, 0.29) is 31.6 Å². The molecule has 9 heteroatoms. The Morgan fingerprint density at radius 2 is 2.08 bits per heavy atom. The third-order valence-electron chi connectivity index (χ3n) is 4.37. The topological polar surface area (TPSA) is 90.8 Å². The molecule has 1 atom stereocenters. The van der Waals surface area contributed by atoms with Crippen molar-refractivity contribution in [1.82, 2.24) is 10.6 Å². The van der Waals surface area contributed by atoms with Gasteiger partial charge in [0.25, 0.3) is 0 Å². The first kappa shape index (κ1) is 18.8. The van der Waals surface area contributed by atoms with E-state index in [9.17, 15) is 22.3 Å². The maximum atomic E-state index is 14.3. The number of aliphatic imine (C=N–C) groups is 1. The molecule has 1 aromatic carbocycles. The quantitative estimate of drug-likeness (QED) is 0.272. The Morgan fingerprint density at radius 1 is 1.42 bits per heavy atom. The fraction of sp³-hybridized carbons (Fsp3) is 0.533. The van der Waals surface area contributed by atoms with Crippen LogP contribution in [0.15, 0.2) is 23.2 Å². The molecule has 1 unspecified atom stereocenters. The van der Waals surface area contributed by atoms with E-state index in [0.29, 0.717) is 6.07 Å². The van der Waals surface area contributed by atoms with Gasteiger partial charge in [-0.25, -0.2) is 17.2 Å². The molecule has 0 aliphatic heterocycles. The fourth-order valence-electron chi connectivity index (χ4n) is 2.98. The summed E-state index contributed by atoms with van der Waals surface area (Å²) in [6.07, 6.45) is 2.87. The molecule has 1 aliphatic carbocycles. The van der Waals surface area contributed by atoms with E-state index in [1.807, 2.05) is 0 Å². The molecule has 0 heterocycles. The SMILES string of the molecule is CN=CNCNCC(O)(c1ccc(F)cc1F)C1(S(C)(=O)=O)CC1. The van der Waals surface area contributed by atoms with E-state index in [0.717, 1.165) is 18.4 Å². The Hall–Kier alpha value is -1.58. The summed E-state index contributed by atoms with van der Waals surface area (Å²) in [6, 6.07) is 2.74. The molecule has 1 saturated carbocycles. The molecule has 1 aliphatic rings. The fourth-order valence-corrected chi connectivity index (χ4v) is 4.62. The largest absolute Gasteiger partial charge is 0.382 e. The van der Waals surface area contributed by atoms with Crippen molar-refractivity contribution in [3.8, 4) is 0 Å². The van der Waals surface area contributed by atoms with Gasteiger partial charge in [0, 0.05) is 31.5 Å². The zero-order valence-electron chi connectivity index (χ0n) is 13.5. The molecule has 2 rings (SSSR count). The molecule has 3 N–H and O–H groups in total. The van der Waals surface area contributed by atoms with Crippen LogP contribution in [0.2, 0.25) is 0 Å². The van der Waals surface area contributed by atoms with E-state index < -0.39 is 31.8 Å². The van der Waals surface area contributed by atoms with Crippen LogP contribution in [0, 0.1) is 11.6 Å². The number of halogens is 2. The minimum Gasteiger partial charge on any atom is -0.382 e. The van der Waals surface area contributed by atoms with Crippen LogP contribution in [0.25, 0.3) is 0 Å². The summed E-state index contributed by atoms with van der Waals surface area (Å²) in [6.45, 7) is -0.0184. The molecule has 134 valence electrons. The van der Waals surface area contributed by atoms with Crippen molar-refractivity contribution in [1.29, 1.82) is 0 Å². The summed E-state index contributed by atoms with van der Waals surface area (Å²) < 4.78 is 50.4. The van der Waals surface area contributed by atoms with Gasteiger partial charge in [-0.1, -0.05) is 6.07 Å². The van der Waals surface area contributed by atoms with Crippen molar-refractivity contribution in [2.75, 3.05) is 26.5 Å². The summed E-state index contributed by atoms with van der Waals surface area (Å²) in [5.74, 6) is -1.77. The minimum absolute atomic E-state index is 0.197. The van der Waals surface area contributed by atoms with Crippen LogP contribution in [0.1, 0.15) is 18.4 Å². The van der Waals surface area contributed by atoms with E-state index in [1.54, 1.807) is 7.05 Å². The second-order valence-electron chi connectivity index (χ2n) is 5.95. The first-order chi connectivity index (χ1) is 11.2. The highest BCUT2D eigenvalue weighted by atomic mass is 32.2. The third-order valence-corrected chi connectivity index (χ3v) is 6.54. The average Bonchev–Trinajstić information content (AvgIpc) is 3.28. The molecule has 0 saturated heterocycles. The van der Waals surface area contributed by atoms with Crippen LogP contribution in [0.3, 0.4) is 0 Å². The van der Waals surface area contributed by atoms with E-state index in [1.165, 1.54) is 6.34 Å². The number of nitrogens with one attached hydrogen (secondary N) is 2. The first-order valence-corrected chi connectivity index (χ1v) is 9.29. The Morgan fingerprint density at radius 3 is 2.58 bits per heavy atom. The van der Waals surface area contributed by atoms with E-state index >= 15 is 0 Å². The minimum atomic E-state index is -3.67. The molecule has 0 amide bonds. The summed E-state index contributed by atoms with van der Waals surface area (Å²) in [4.78, 5) is 3.72. The zero-order valence-corrected chi connectivity index (χ0v) is 14.3. The second kappa shape index (κ2) is 6.73. The van der Waals surface area contributed by atoms with Crippen LogP contribution >= 0.6 is 0 Å². The van der Waals surface area contributed by atoms with Gasteiger partial charge >= 0.3 is 0 Å². The van der Waals surface area contributed by atoms with Crippen LogP contribution in [-0.4, -0.2) is 51.1 Å². The Kier molecular flexibility index (Phi) is 5.26. The van der Waals surface area contributed by atoms with Gasteiger partial charge in [0.2, 0.25) is 0 Å². The average molecular weight is 361 g/mol. The van der Waals surface area contributed by atoms with Crippen LogP contribution in [0.4, 0.5) is 8.78 Å². The smallest absolute Gasteiger partial charge is 0.156 e. The van der Waals surface area contributed by atoms with Gasteiger partial charge in [-0.05, 0) is 18.9 Å². The van der Waals surface area contributed by atoms with Crippen molar-refractivity contribution in [3.05, 3.63) is 35.4 Å². The van der Waals surface area contributed by atoms with Gasteiger partial charge in [-0.15, -0.1) is 0 Å². The summed E-state index contributed by atoms with van der Waals surface area (Å²) >= 11 is 0. The van der Waals surface area contributed by atoms with Crippen molar-refractivity contribution >= 4 is 16.2 Å². The molecule has 0 bridgehead atoms. The van der Waals surface area contributed by atoms with Gasteiger partial charge in [-0.2, -0.15) is 0 Å². The number of nitrogens with zero attached hydrogens (tertiary/aromatic N) is 1. The third kappa shape index (κ3) is 3.28. The van der Waals surface area contributed by atoms with Crippen LogP contribution in [0.5, 0.6) is 0 Å². The second-order valence-corrected chi connectivity index (χ2v) is 8.27. The van der Waals surface area contributed by atoms with Gasteiger partial charge in [0.1, 0.15) is 22.0 Å². The first-order valence-electron chi connectivity index (χ1n) is 7.40. The molecular formula is C15H21F2N3O3S. The highest BCUT2D eigenvalue weighted by Crippen LogP contribution is 2.55. The Balaban J connectivity index is 2.38. The molecule has 0 spiro atoms. The predicted molar refractivity (Wildman–Crippen MR) is 87.5 cm³/mol. The van der Waals surface area contributed by atoms with Gasteiger partial charge in [-0.3, -0.25) is 10.3 Å². The van der Waals surface area contributed by atoms with Gasteiger partial charge < -0.3 is 10.4 Å². The van der Waals surface area contributed by atoms with Gasteiger partial charge in [0.05, 0.1) is 13.0 Å². The number of sulfone groups is 1. The lowest BCUT2D eigenvalue weighted by Crippen LogP contribution is -2.54. The number of hydrogen-bond donors (Lipinski definition) is 3. The summed E-state index contributed by atoms with van der Waals surface area (Å²) in [7, 11) is -2.10. The lowest BCUT2D eigenvalue weighted by atomic mass is 9.87. The van der Waals surface area contributed by atoms with E-state index in [2.05, 4.69) is 15.6 Å². The molecule has 0 radical (unpaired) electrons. The van der Waals surface area contributed by atoms with Crippen molar-refractivity contribution in [3.63, 3.8) is 0 Å². The highest BCUT2D eigenvalue weighted by molar-refractivity contribution is 7.92. The van der Waals surface area contributed by atoms with Crippen LogP contribution in [-0.2, 0) is 15.4 Å². The normalized spacial score (nSPS) is 19.2. The molecule has 0 aromatic heterocycles. The summed E-state index contributed by atoms with van der Waals surface area (Å²) in [5, 5.41) is 16.8. The van der Waals surface area contributed by atoms with Gasteiger partial charge in [0.15, 0.2) is 9.84 Å². The van der Waals surface area contributed by atoms with Crippen molar-refractivity contribution in [2.24, 2.45) is 4.99 Å². The lowest BCUT2D eigenvalue weighted by Gasteiger charge is -2.36. The molecular weight excluding hydrogens is 340 g/mol. The Labute approximate surface area is 139 Å². The molecule has 1 fully saturated rings. The highest BCUT2D eigenvalue weighted by Gasteiger charge is 2.66. The van der Waals surface area contributed by atoms with Crippen molar-refractivity contribution < 1.29 is 22.3 Å². The number of hydrogen-bond acceptors (Lipinski definition) is 5. The summed E-state index contributed by atoms with van der Waals surface area (Å²) in [5.41, 5.74) is -2.24.